The summed E-state index contributed by atoms with van der Waals surface area (Å²) >= 11 is 2.28. The van der Waals surface area contributed by atoms with Gasteiger partial charge in [0.25, 0.3) is 0 Å². The smallest absolute Gasteiger partial charge is 0.0659 e. The highest BCUT2D eigenvalue weighted by molar-refractivity contribution is 14.1. The zero-order chi connectivity index (χ0) is 13.9. The molecule has 1 aromatic carbocycles. The maximum atomic E-state index is 4.30. The second kappa shape index (κ2) is 6.05. The second-order valence-corrected chi connectivity index (χ2v) is 7.02. The molecule has 1 heterocycles. The van der Waals surface area contributed by atoms with Gasteiger partial charge in [0.15, 0.2) is 0 Å². The van der Waals surface area contributed by atoms with Crippen molar-refractivity contribution in [2.75, 3.05) is 0 Å². The number of halogens is 1. The number of rotatable bonds is 4. The van der Waals surface area contributed by atoms with E-state index in [1.807, 2.05) is 10.9 Å². The topological polar surface area (TPSA) is 29.9 Å². The van der Waals surface area contributed by atoms with Crippen LogP contribution in [0.2, 0.25) is 0 Å². The van der Waals surface area contributed by atoms with Crippen molar-refractivity contribution in [1.82, 2.24) is 15.1 Å². The molecule has 1 aromatic heterocycles. The molecule has 0 saturated heterocycles. The van der Waals surface area contributed by atoms with Gasteiger partial charge in [0.1, 0.15) is 0 Å². The Morgan fingerprint density at radius 3 is 2.32 bits per heavy atom. The standard InChI is InChI=1S/C15H20IN3/c1-15(2,3)17-8-12-4-6-13(7-5-12)10-19-11-14(16)9-18-19/h4-7,9,11,17H,8,10H2,1-3H3. The van der Waals surface area contributed by atoms with Crippen LogP contribution in [-0.2, 0) is 13.1 Å². The molecule has 102 valence electrons. The summed E-state index contributed by atoms with van der Waals surface area (Å²) < 4.78 is 3.13. The number of benzene rings is 1. The molecule has 3 nitrogen and oxygen atoms in total. The van der Waals surface area contributed by atoms with Crippen molar-refractivity contribution < 1.29 is 0 Å². The van der Waals surface area contributed by atoms with Gasteiger partial charge in [0, 0.05) is 18.3 Å². The van der Waals surface area contributed by atoms with E-state index < -0.39 is 0 Å². The van der Waals surface area contributed by atoms with Gasteiger partial charge in [-0.25, -0.2) is 0 Å². The van der Waals surface area contributed by atoms with E-state index in [1.165, 1.54) is 14.7 Å². The number of nitrogens with one attached hydrogen (secondary N) is 1. The lowest BCUT2D eigenvalue weighted by Crippen LogP contribution is -2.35. The molecule has 2 rings (SSSR count). The zero-order valence-corrected chi connectivity index (χ0v) is 13.8. The van der Waals surface area contributed by atoms with Crippen LogP contribution in [0.5, 0.6) is 0 Å². The molecule has 0 spiro atoms. The highest BCUT2D eigenvalue weighted by Gasteiger charge is 2.08. The monoisotopic (exact) mass is 369 g/mol. The summed E-state index contributed by atoms with van der Waals surface area (Å²) in [5.41, 5.74) is 2.75. The van der Waals surface area contributed by atoms with Gasteiger partial charge in [-0.05, 0) is 54.5 Å². The van der Waals surface area contributed by atoms with Gasteiger partial charge in [0.2, 0.25) is 0 Å². The van der Waals surface area contributed by atoms with Gasteiger partial charge in [-0.15, -0.1) is 0 Å². The number of hydrogen-bond acceptors (Lipinski definition) is 2. The Morgan fingerprint density at radius 2 is 1.79 bits per heavy atom. The van der Waals surface area contributed by atoms with E-state index in [1.54, 1.807) is 0 Å². The third kappa shape index (κ3) is 4.95. The van der Waals surface area contributed by atoms with Crippen LogP contribution in [0.25, 0.3) is 0 Å². The van der Waals surface area contributed by atoms with Crippen molar-refractivity contribution in [2.45, 2.75) is 39.4 Å². The lowest BCUT2D eigenvalue weighted by atomic mass is 10.1. The van der Waals surface area contributed by atoms with E-state index in [9.17, 15) is 0 Å². The predicted molar refractivity (Wildman–Crippen MR) is 87.1 cm³/mol. The van der Waals surface area contributed by atoms with E-state index in [-0.39, 0.29) is 5.54 Å². The van der Waals surface area contributed by atoms with Crippen molar-refractivity contribution in [3.8, 4) is 0 Å². The first-order valence-electron chi connectivity index (χ1n) is 6.43. The molecule has 0 fully saturated rings. The van der Waals surface area contributed by atoms with Gasteiger partial charge < -0.3 is 5.32 Å². The first-order valence-corrected chi connectivity index (χ1v) is 7.51. The number of nitrogens with zero attached hydrogens (tertiary/aromatic N) is 2. The minimum atomic E-state index is 0.157. The van der Waals surface area contributed by atoms with E-state index in [0.717, 1.165) is 13.1 Å². The van der Waals surface area contributed by atoms with Crippen LogP contribution < -0.4 is 5.32 Å². The molecule has 1 N–H and O–H groups in total. The third-order valence-electron chi connectivity index (χ3n) is 2.79. The van der Waals surface area contributed by atoms with Crippen LogP contribution in [0.4, 0.5) is 0 Å². The first-order chi connectivity index (χ1) is 8.92. The Balaban J connectivity index is 1.95. The van der Waals surface area contributed by atoms with Crippen LogP contribution in [0.3, 0.4) is 0 Å². The Kier molecular flexibility index (Phi) is 4.62. The van der Waals surface area contributed by atoms with Crippen LogP contribution in [-0.4, -0.2) is 15.3 Å². The molecular weight excluding hydrogens is 349 g/mol. The number of aromatic nitrogens is 2. The second-order valence-electron chi connectivity index (χ2n) is 5.78. The van der Waals surface area contributed by atoms with Crippen LogP contribution in [0, 0.1) is 3.57 Å². The van der Waals surface area contributed by atoms with E-state index in [0.29, 0.717) is 0 Å². The Morgan fingerprint density at radius 1 is 1.16 bits per heavy atom. The van der Waals surface area contributed by atoms with Crippen molar-refractivity contribution in [1.29, 1.82) is 0 Å². The molecule has 0 aliphatic rings. The molecule has 2 aromatic rings. The number of hydrogen-bond donors (Lipinski definition) is 1. The van der Waals surface area contributed by atoms with Crippen molar-refractivity contribution in [3.63, 3.8) is 0 Å². The molecule has 4 heteroatoms. The van der Waals surface area contributed by atoms with Gasteiger partial charge in [0.05, 0.1) is 16.3 Å². The summed E-state index contributed by atoms with van der Waals surface area (Å²) in [7, 11) is 0. The highest BCUT2D eigenvalue weighted by atomic mass is 127. The SMILES string of the molecule is CC(C)(C)NCc1ccc(Cn2cc(I)cn2)cc1. The summed E-state index contributed by atoms with van der Waals surface area (Å²) in [5, 5.41) is 7.79. The molecule has 0 atom stereocenters. The maximum absolute atomic E-state index is 4.30. The van der Waals surface area contributed by atoms with Gasteiger partial charge in [-0.1, -0.05) is 24.3 Å². The maximum Gasteiger partial charge on any atom is 0.0659 e. The summed E-state index contributed by atoms with van der Waals surface area (Å²) in [4.78, 5) is 0. The fourth-order valence-corrected chi connectivity index (χ4v) is 2.19. The van der Waals surface area contributed by atoms with E-state index in [4.69, 9.17) is 0 Å². The molecule has 0 unspecified atom stereocenters. The first kappa shape index (κ1) is 14.5. The molecule has 0 amide bonds. The molecule has 0 aliphatic carbocycles. The van der Waals surface area contributed by atoms with Crippen LogP contribution >= 0.6 is 22.6 Å². The molecule has 0 bridgehead atoms. The zero-order valence-electron chi connectivity index (χ0n) is 11.7. The summed E-state index contributed by atoms with van der Waals surface area (Å²) in [6, 6.07) is 8.72. The van der Waals surface area contributed by atoms with Crippen LogP contribution in [0.1, 0.15) is 31.9 Å². The summed E-state index contributed by atoms with van der Waals surface area (Å²) in [6.45, 7) is 8.28. The highest BCUT2D eigenvalue weighted by Crippen LogP contribution is 2.09. The van der Waals surface area contributed by atoms with Crippen molar-refractivity contribution in [2.24, 2.45) is 0 Å². The van der Waals surface area contributed by atoms with E-state index >= 15 is 0 Å². The fourth-order valence-electron chi connectivity index (χ4n) is 1.74. The van der Waals surface area contributed by atoms with Crippen molar-refractivity contribution in [3.05, 3.63) is 51.4 Å². The molecule has 0 saturated carbocycles. The predicted octanol–water partition coefficient (Wildman–Crippen LogP) is 3.42. The molecule has 0 aliphatic heterocycles. The van der Waals surface area contributed by atoms with Crippen molar-refractivity contribution >= 4 is 22.6 Å². The Labute approximate surface area is 128 Å². The summed E-state index contributed by atoms with van der Waals surface area (Å²) in [5.74, 6) is 0. The average molecular weight is 369 g/mol. The molecule has 19 heavy (non-hydrogen) atoms. The minimum absolute atomic E-state index is 0.157. The van der Waals surface area contributed by atoms with Crippen LogP contribution in [0.15, 0.2) is 36.7 Å². The molecular formula is C15H20IN3. The summed E-state index contributed by atoms with van der Waals surface area (Å²) in [6.07, 6.45) is 3.93. The lowest BCUT2D eigenvalue weighted by Gasteiger charge is -2.20. The largest absolute Gasteiger partial charge is 0.308 e. The Bertz CT molecular complexity index is 523. The van der Waals surface area contributed by atoms with Gasteiger partial charge in [-0.3, -0.25) is 4.68 Å². The average Bonchev–Trinajstić information content (AvgIpc) is 2.73. The van der Waals surface area contributed by atoms with Gasteiger partial charge >= 0.3 is 0 Å². The lowest BCUT2D eigenvalue weighted by molar-refractivity contribution is 0.424. The Hall–Kier alpha value is -0.880. The van der Waals surface area contributed by atoms with Gasteiger partial charge in [-0.2, -0.15) is 5.10 Å². The quantitative estimate of drug-likeness (QED) is 0.837. The normalized spacial score (nSPS) is 11.8. The fraction of sp³-hybridized carbons (Fsp3) is 0.400. The van der Waals surface area contributed by atoms with E-state index in [2.05, 4.69) is 84.2 Å². The minimum Gasteiger partial charge on any atom is -0.308 e. The molecule has 0 radical (unpaired) electrons. The third-order valence-corrected chi connectivity index (χ3v) is 3.35.